The number of nitrogens with one attached hydrogen (secondary N) is 1. The standard InChI is InChI=1S/C20H19ClN2O2/c21-16-5-1-3-15(12-16)20(25)23-10-2-4-13-11-14(6-9-18(13)23)19(24)22-17-7-8-17/h1,3,5-6,9,11-12,17H,2,4,7-8,10H2,(H,22,24). The van der Waals surface area contributed by atoms with Gasteiger partial charge in [-0.2, -0.15) is 0 Å². The minimum atomic E-state index is -0.0568. The molecule has 4 nitrogen and oxygen atoms in total. The van der Waals surface area contributed by atoms with E-state index in [4.69, 9.17) is 11.6 Å². The number of hydrogen-bond donors (Lipinski definition) is 1. The third-order valence-corrected chi connectivity index (χ3v) is 4.92. The number of rotatable bonds is 3. The lowest BCUT2D eigenvalue weighted by molar-refractivity contribution is 0.0950. The number of halogens is 1. The Morgan fingerprint density at radius 1 is 1.08 bits per heavy atom. The molecule has 2 aromatic rings. The maximum atomic E-state index is 12.9. The number of carbonyl (C=O) groups is 2. The predicted molar refractivity (Wildman–Crippen MR) is 98.4 cm³/mol. The lowest BCUT2D eigenvalue weighted by Gasteiger charge is -2.30. The highest BCUT2D eigenvalue weighted by Crippen LogP contribution is 2.30. The van der Waals surface area contributed by atoms with E-state index in [1.807, 2.05) is 12.1 Å². The van der Waals surface area contributed by atoms with E-state index >= 15 is 0 Å². The van der Waals surface area contributed by atoms with Gasteiger partial charge in [-0.1, -0.05) is 17.7 Å². The summed E-state index contributed by atoms with van der Waals surface area (Å²) in [5.74, 6) is -0.0813. The Kier molecular flexibility index (Phi) is 4.22. The quantitative estimate of drug-likeness (QED) is 0.910. The van der Waals surface area contributed by atoms with Gasteiger partial charge in [0.25, 0.3) is 11.8 Å². The van der Waals surface area contributed by atoms with Crippen LogP contribution < -0.4 is 10.2 Å². The molecule has 1 fully saturated rings. The molecule has 1 aliphatic heterocycles. The van der Waals surface area contributed by atoms with Crippen LogP contribution in [-0.4, -0.2) is 24.4 Å². The van der Waals surface area contributed by atoms with Crippen molar-refractivity contribution < 1.29 is 9.59 Å². The largest absolute Gasteiger partial charge is 0.349 e. The van der Waals surface area contributed by atoms with Crippen LogP contribution in [0.15, 0.2) is 42.5 Å². The summed E-state index contributed by atoms with van der Waals surface area (Å²) in [5.41, 5.74) is 3.18. The molecule has 2 aliphatic rings. The van der Waals surface area contributed by atoms with Gasteiger partial charge in [-0.05, 0) is 67.6 Å². The summed E-state index contributed by atoms with van der Waals surface area (Å²) in [6, 6.07) is 13.0. The number of nitrogens with zero attached hydrogens (tertiary/aromatic N) is 1. The van der Waals surface area contributed by atoms with Gasteiger partial charge in [-0.3, -0.25) is 9.59 Å². The van der Waals surface area contributed by atoms with E-state index in [1.54, 1.807) is 35.2 Å². The zero-order valence-corrected chi connectivity index (χ0v) is 14.6. The molecule has 0 atom stereocenters. The van der Waals surface area contributed by atoms with Gasteiger partial charge in [0, 0.05) is 34.4 Å². The molecule has 1 N–H and O–H groups in total. The molecule has 128 valence electrons. The molecule has 25 heavy (non-hydrogen) atoms. The molecule has 1 heterocycles. The molecule has 1 aliphatic carbocycles. The van der Waals surface area contributed by atoms with Crippen molar-refractivity contribution in [2.75, 3.05) is 11.4 Å². The van der Waals surface area contributed by atoms with Crippen molar-refractivity contribution in [2.45, 2.75) is 31.7 Å². The summed E-state index contributed by atoms with van der Waals surface area (Å²) in [4.78, 5) is 26.9. The van der Waals surface area contributed by atoms with Crippen LogP contribution in [0.1, 0.15) is 45.5 Å². The van der Waals surface area contributed by atoms with Crippen molar-refractivity contribution in [3.8, 4) is 0 Å². The maximum absolute atomic E-state index is 12.9. The van der Waals surface area contributed by atoms with Gasteiger partial charge >= 0.3 is 0 Å². The van der Waals surface area contributed by atoms with Crippen LogP contribution in [-0.2, 0) is 6.42 Å². The minimum Gasteiger partial charge on any atom is -0.349 e. The van der Waals surface area contributed by atoms with E-state index in [9.17, 15) is 9.59 Å². The molecule has 1 saturated carbocycles. The van der Waals surface area contributed by atoms with Gasteiger partial charge in [0.05, 0.1) is 0 Å². The number of aryl methyl sites for hydroxylation is 1. The first-order chi connectivity index (χ1) is 12.1. The van der Waals surface area contributed by atoms with E-state index < -0.39 is 0 Å². The van der Waals surface area contributed by atoms with E-state index in [2.05, 4.69) is 5.32 Å². The molecular weight excluding hydrogens is 336 g/mol. The highest BCUT2D eigenvalue weighted by Gasteiger charge is 2.26. The SMILES string of the molecule is O=C(NC1CC1)c1ccc2c(c1)CCCN2C(=O)c1cccc(Cl)c1. The van der Waals surface area contributed by atoms with Gasteiger partial charge in [-0.25, -0.2) is 0 Å². The number of anilines is 1. The topological polar surface area (TPSA) is 49.4 Å². The molecule has 0 aromatic heterocycles. The first kappa shape index (κ1) is 16.2. The number of carbonyl (C=O) groups excluding carboxylic acids is 2. The van der Waals surface area contributed by atoms with Gasteiger partial charge in [0.2, 0.25) is 0 Å². The smallest absolute Gasteiger partial charge is 0.258 e. The van der Waals surface area contributed by atoms with Crippen molar-refractivity contribution in [1.29, 1.82) is 0 Å². The fourth-order valence-electron chi connectivity index (χ4n) is 3.22. The van der Waals surface area contributed by atoms with Gasteiger partial charge in [0.15, 0.2) is 0 Å². The second-order valence-corrected chi connectivity index (χ2v) is 7.10. The Bertz CT molecular complexity index is 845. The average molecular weight is 355 g/mol. The number of benzene rings is 2. The van der Waals surface area contributed by atoms with Crippen LogP contribution in [0.25, 0.3) is 0 Å². The molecule has 5 heteroatoms. The second-order valence-electron chi connectivity index (χ2n) is 6.66. The van der Waals surface area contributed by atoms with Crippen LogP contribution in [0.2, 0.25) is 5.02 Å². The highest BCUT2D eigenvalue weighted by atomic mass is 35.5. The Balaban J connectivity index is 1.61. The van der Waals surface area contributed by atoms with Crippen LogP contribution >= 0.6 is 11.6 Å². The van der Waals surface area contributed by atoms with Crippen molar-refractivity contribution in [3.05, 3.63) is 64.2 Å². The van der Waals surface area contributed by atoms with Crippen molar-refractivity contribution in [2.24, 2.45) is 0 Å². The average Bonchev–Trinajstić information content (AvgIpc) is 3.44. The number of hydrogen-bond acceptors (Lipinski definition) is 2. The van der Waals surface area contributed by atoms with E-state index in [0.29, 0.717) is 28.7 Å². The van der Waals surface area contributed by atoms with E-state index in [-0.39, 0.29) is 11.8 Å². The molecule has 0 spiro atoms. The lowest BCUT2D eigenvalue weighted by atomic mass is 9.98. The van der Waals surface area contributed by atoms with Crippen LogP contribution in [0.4, 0.5) is 5.69 Å². The predicted octanol–water partition coefficient (Wildman–Crippen LogP) is 3.83. The summed E-state index contributed by atoms with van der Waals surface area (Å²) >= 11 is 6.02. The Morgan fingerprint density at radius 2 is 1.92 bits per heavy atom. The molecule has 4 rings (SSSR count). The van der Waals surface area contributed by atoms with Crippen molar-refractivity contribution in [1.82, 2.24) is 5.32 Å². The molecule has 2 amide bonds. The lowest BCUT2D eigenvalue weighted by Crippen LogP contribution is -2.35. The number of fused-ring (bicyclic) bond motifs is 1. The van der Waals surface area contributed by atoms with E-state index in [0.717, 1.165) is 36.9 Å². The number of amides is 2. The Labute approximate surface area is 151 Å². The highest BCUT2D eigenvalue weighted by molar-refractivity contribution is 6.31. The second kappa shape index (κ2) is 6.52. The van der Waals surface area contributed by atoms with Gasteiger partial charge in [0.1, 0.15) is 0 Å². The summed E-state index contributed by atoms with van der Waals surface area (Å²) in [6.07, 6.45) is 3.89. The zero-order valence-electron chi connectivity index (χ0n) is 13.8. The third-order valence-electron chi connectivity index (χ3n) is 4.69. The van der Waals surface area contributed by atoms with Crippen molar-refractivity contribution >= 4 is 29.1 Å². The molecule has 0 unspecified atom stereocenters. The third kappa shape index (κ3) is 3.40. The van der Waals surface area contributed by atoms with Crippen LogP contribution in [0.3, 0.4) is 0 Å². The fourth-order valence-corrected chi connectivity index (χ4v) is 3.41. The maximum Gasteiger partial charge on any atom is 0.258 e. The minimum absolute atomic E-state index is 0.0245. The zero-order chi connectivity index (χ0) is 17.4. The summed E-state index contributed by atoms with van der Waals surface area (Å²) in [5, 5.41) is 3.56. The summed E-state index contributed by atoms with van der Waals surface area (Å²) < 4.78 is 0. The van der Waals surface area contributed by atoms with E-state index in [1.165, 1.54) is 0 Å². The molecule has 2 aromatic carbocycles. The molecule has 0 bridgehead atoms. The Hall–Kier alpha value is -2.33. The Morgan fingerprint density at radius 3 is 2.68 bits per heavy atom. The molecular formula is C20H19ClN2O2. The fraction of sp³-hybridized carbons (Fsp3) is 0.300. The normalized spacial score (nSPS) is 16.3. The van der Waals surface area contributed by atoms with Crippen LogP contribution in [0, 0.1) is 0 Å². The summed E-state index contributed by atoms with van der Waals surface area (Å²) in [7, 11) is 0. The summed E-state index contributed by atoms with van der Waals surface area (Å²) in [6.45, 7) is 0.673. The van der Waals surface area contributed by atoms with Gasteiger partial charge < -0.3 is 10.2 Å². The first-order valence-electron chi connectivity index (χ1n) is 8.63. The molecule has 0 saturated heterocycles. The first-order valence-corrected chi connectivity index (χ1v) is 9.01. The van der Waals surface area contributed by atoms with Crippen LogP contribution in [0.5, 0.6) is 0 Å². The monoisotopic (exact) mass is 354 g/mol. The van der Waals surface area contributed by atoms with Crippen molar-refractivity contribution in [3.63, 3.8) is 0 Å². The van der Waals surface area contributed by atoms with Gasteiger partial charge in [-0.15, -0.1) is 0 Å². The molecule has 0 radical (unpaired) electrons.